The normalized spacial score (nSPS) is 15.4. The van der Waals surface area contributed by atoms with Crippen LogP contribution in [0, 0.1) is 12.8 Å². The maximum absolute atomic E-state index is 11.9. The maximum Gasteiger partial charge on any atom is 0.257 e. The molecule has 2 N–H and O–H groups in total. The van der Waals surface area contributed by atoms with Crippen LogP contribution in [-0.4, -0.2) is 14.3 Å². The van der Waals surface area contributed by atoms with E-state index >= 15 is 0 Å². The lowest BCUT2D eigenvalue weighted by molar-refractivity contribution is -0.122. The van der Waals surface area contributed by atoms with Gasteiger partial charge in [0.05, 0.1) is 4.90 Å². The van der Waals surface area contributed by atoms with E-state index in [0.717, 1.165) is 22.9 Å². The lowest BCUT2D eigenvalue weighted by Gasteiger charge is -2.09. The molecule has 0 aliphatic heterocycles. The third-order valence-corrected chi connectivity index (χ3v) is 4.83. The first kappa shape index (κ1) is 13.5. The molecule has 0 spiro atoms. The summed E-state index contributed by atoms with van der Waals surface area (Å²) in [5.74, 6) is -0.313. The first-order valence-corrected chi connectivity index (χ1v) is 7.75. The summed E-state index contributed by atoms with van der Waals surface area (Å²) >= 11 is 3.30. The Bertz CT molecular complexity index is 582. The van der Waals surface area contributed by atoms with Gasteiger partial charge in [-0.1, -0.05) is 15.9 Å². The Morgan fingerprint density at radius 2 is 2.06 bits per heavy atom. The van der Waals surface area contributed by atoms with Gasteiger partial charge < -0.3 is 0 Å². The number of sulfonamides is 1. The van der Waals surface area contributed by atoms with E-state index in [2.05, 4.69) is 26.2 Å². The number of carbonyl (C=O) groups excluding carboxylic acids is 1. The van der Waals surface area contributed by atoms with Gasteiger partial charge in [-0.25, -0.2) is 8.42 Å². The number of benzene rings is 1. The largest absolute Gasteiger partial charge is 0.277 e. The van der Waals surface area contributed by atoms with Crippen molar-refractivity contribution < 1.29 is 13.2 Å². The van der Waals surface area contributed by atoms with E-state index in [9.17, 15) is 13.2 Å². The first-order chi connectivity index (χ1) is 8.40. The zero-order valence-corrected chi connectivity index (χ0v) is 12.1. The molecule has 0 unspecified atom stereocenters. The lowest BCUT2D eigenvalue weighted by atomic mass is 10.2. The van der Waals surface area contributed by atoms with Crippen LogP contribution in [0.15, 0.2) is 27.6 Å². The van der Waals surface area contributed by atoms with Gasteiger partial charge in [-0.15, -0.1) is 4.83 Å². The van der Waals surface area contributed by atoms with Crippen LogP contribution in [0.3, 0.4) is 0 Å². The third kappa shape index (κ3) is 3.09. The zero-order valence-electron chi connectivity index (χ0n) is 9.73. The van der Waals surface area contributed by atoms with Gasteiger partial charge in [0.2, 0.25) is 5.91 Å². The van der Waals surface area contributed by atoms with Gasteiger partial charge >= 0.3 is 0 Å². The Labute approximate surface area is 114 Å². The fraction of sp³-hybridized carbons (Fsp3) is 0.364. The fourth-order valence-electron chi connectivity index (χ4n) is 1.41. The van der Waals surface area contributed by atoms with E-state index in [1.165, 1.54) is 12.1 Å². The van der Waals surface area contributed by atoms with Gasteiger partial charge in [0.1, 0.15) is 0 Å². The second-order valence-electron chi connectivity index (χ2n) is 4.28. The van der Waals surface area contributed by atoms with Gasteiger partial charge in [-0.2, -0.15) is 0 Å². The summed E-state index contributed by atoms with van der Waals surface area (Å²) < 4.78 is 24.6. The quantitative estimate of drug-likeness (QED) is 0.820. The molecule has 5 nitrogen and oxygen atoms in total. The Hall–Kier alpha value is -0.920. The molecule has 1 aliphatic rings. The number of amides is 1. The standard InChI is InChI=1S/C11H13BrN2O3S/c1-7-6-9(4-5-10(7)12)18(16,17)14-13-11(15)8-2-3-8/h4-6,8,14H,2-3H2,1H3,(H,13,15). The van der Waals surface area contributed by atoms with Crippen molar-refractivity contribution in [2.45, 2.75) is 24.7 Å². The van der Waals surface area contributed by atoms with Crippen LogP contribution in [0.4, 0.5) is 0 Å². The molecule has 0 radical (unpaired) electrons. The summed E-state index contributed by atoms with van der Waals surface area (Å²) in [6, 6.07) is 4.67. The SMILES string of the molecule is Cc1cc(S(=O)(=O)NNC(=O)C2CC2)ccc1Br. The Morgan fingerprint density at radius 1 is 1.39 bits per heavy atom. The summed E-state index contributed by atoms with van der Waals surface area (Å²) in [6.45, 7) is 1.80. The minimum Gasteiger partial charge on any atom is -0.277 e. The topological polar surface area (TPSA) is 75.3 Å². The van der Waals surface area contributed by atoms with Crippen LogP contribution in [0.2, 0.25) is 0 Å². The summed E-state index contributed by atoms with van der Waals surface area (Å²) in [7, 11) is -3.70. The first-order valence-electron chi connectivity index (χ1n) is 5.48. The smallest absolute Gasteiger partial charge is 0.257 e. The summed E-state index contributed by atoms with van der Waals surface area (Å²) in [5.41, 5.74) is 3.04. The number of hydrogen-bond acceptors (Lipinski definition) is 3. The highest BCUT2D eigenvalue weighted by atomic mass is 79.9. The molecule has 1 fully saturated rings. The molecule has 1 aromatic rings. The Morgan fingerprint density at radius 3 is 2.61 bits per heavy atom. The van der Waals surface area contributed by atoms with Gasteiger partial charge in [-0.3, -0.25) is 10.2 Å². The number of hydrazine groups is 1. The number of carbonyl (C=O) groups is 1. The third-order valence-electron chi connectivity index (χ3n) is 2.70. The summed E-state index contributed by atoms with van der Waals surface area (Å²) in [6.07, 6.45) is 1.65. The molecule has 1 amide bonds. The van der Waals surface area contributed by atoms with E-state index in [1.807, 2.05) is 0 Å². The molecule has 98 valence electrons. The monoisotopic (exact) mass is 332 g/mol. The molecule has 7 heteroatoms. The van der Waals surface area contributed by atoms with E-state index < -0.39 is 10.0 Å². The van der Waals surface area contributed by atoms with Gasteiger partial charge in [0.25, 0.3) is 10.0 Å². The Balaban J connectivity index is 2.09. The average molecular weight is 333 g/mol. The molecule has 1 aromatic carbocycles. The van der Waals surface area contributed by atoms with Crippen molar-refractivity contribution in [3.8, 4) is 0 Å². The molecule has 0 heterocycles. The molecule has 0 aromatic heterocycles. The van der Waals surface area contributed by atoms with E-state index in [0.29, 0.717) is 0 Å². The van der Waals surface area contributed by atoms with Crippen LogP contribution in [0.5, 0.6) is 0 Å². The highest BCUT2D eigenvalue weighted by Gasteiger charge is 2.30. The fourth-order valence-corrected chi connectivity index (χ4v) is 2.59. The molecule has 0 atom stereocenters. The van der Waals surface area contributed by atoms with Crippen LogP contribution in [0.1, 0.15) is 18.4 Å². The summed E-state index contributed by atoms with van der Waals surface area (Å²) in [4.78, 5) is 13.6. The van der Waals surface area contributed by atoms with Gasteiger partial charge in [-0.05, 0) is 43.5 Å². The molecule has 1 saturated carbocycles. The van der Waals surface area contributed by atoms with Crippen molar-refractivity contribution in [2.75, 3.05) is 0 Å². The van der Waals surface area contributed by atoms with Crippen molar-refractivity contribution in [1.82, 2.24) is 10.3 Å². The number of aryl methyl sites for hydroxylation is 1. The molecular formula is C11H13BrN2O3S. The summed E-state index contributed by atoms with van der Waals surface area (Å²) in [5, 5.41) is 0. The molecular weight excluding hydrogens is 320 g/mol. The Kier molecular flexibility index (Phi) is 3.74. The number of rotatable bonds is 4. The minimum absolute atomic E-state index is 0.0423. The lowest BCUT2D eigenvalue weighted by Crippen LogP contribution is -2.42. The van der Waals surface area contributed by atoms with Crippen molar-refractivity contribution in [2.24, 2.45) is 5.92 Å². The van der Waals surface area contributed by atoms with Crippen molar-refractivity contribution in [3.63, 3.8) is 0 Å². The predicted octanol–water partition coefficient (Wildman–Crippen LogP) is 1.48. The van der Waals surface area contributed by atoms with Crippen LogP contribution < -0.4 is 10.3 Å². The number of nitrogens with one attached hydrogen (secondary N) is 2. The zero-order chi connectivity index (χ0) is 13.3. The molecule has 2 rings (SSSR count). The van der Waals surface area contributed by atoms with Crippen molar-refractivity contribution >= 4 is 31.9 Å². The second kappa shape index (κ2) is 4.99. The van der Waals surface area contributed by atoms with E-state index in [-0.39, 0.29) is 16.7 Å². The van der Waals surface area contributed by atoms with E-state index in [1.54, 1.807) is 13.0 Å². The molecule has 0 saturated heterocycles. The minimum atomic E-state index is -3.70. The highest BCUT2D eigenvalue weighted by molar-refractivity contribution is 9.10. The van der Waals surface area contributed by atoms with Crippen molar-refractivity contribution in [1.29, 1.82) is 0 Å². The molecule has 18 heavy (non-hydrogen) atoms. The van der Waals surface area contributed by atoms with Gasteiger partial charge in [0, 0.05) is 10.4 Å². The highest BCUT2D eigenvalue weighted by Crippen LogP contribution is 2.28. The molecule has 0 bridgehead atoms. The molecule has 1 aliphatic carbocycles. The predicted molar refractivity (Wildman–Crippen MR) is 70.1 cm³/mol. The van der Waals surface area contributed by atoms with Crippen LogP contribution in [0.25, 0.3) is 0 Å². The van der Waals surface area contributed by atoms with Gasteiger partial charge in [0.15, 0.2) is 0 Å². The second-order valence-corrected chi connectivity index (χ2v) is 6.82. The van der Waals surface area contributed by atoms with Crippen LogP contribution in [-0.2, 0) is 14.8 Å². The average Bonchev–Trinajstić information content (AvgIpc) is 3.13. The van der Waals surface area contributed by atoms with E-state index in [4.69, 9.17) is 0 Å². The van der Waals surface area contributed by atoms with Crippen molar-refractivity contribution in [3.05, 3.63) is 28.2 Å². The maximum atomic E-state index is 11.9. The number of hydrogen-bond donors (Lipinski definition) is 2. The van der Waals surface area contributed by atoms with Crippen LogP contribution >= 0.6 is 15.9 Å². The number of halogens is 1.